The number of hydrogen-bond acceptors (Lipinski definition) is 1. The molecule has 2 rings (SSSR count). The molecule has 0 saturated carbocycles. The Labute approximate surface area is 116 Å². The SMILES string of the molecule is CC(C)(C)NCc1cn(C(F)F)c2cc(Cl)ccc12. The first-order valence-corrected chi connectivity index (χ1v) is 6.48. The summed E-state index contributed by atoms with van der Waals surface area (Å²) in [6, 6.07) is 5.08. The van der Waals surface area contributed by atoms with Gasteiger partial charge < -0.3 is 5.32 Å². The molecule has 0 unspecified atom stereocenters. The fraction of sp³-hybridized carbons (Fsp3) is 0.429. The van der Waals surface area contributed by atoms with E-state index in [9.17, 15) is 8.78 Å². The van der Waals surface area contributed by atoms with Gasteiger partial charge >= 0.3 is 6.55 Å². The van der Waals surface area contributed by atoms with E-state index >= 15 is 0 Å². The first-order chi connectivity index (χ1) is 8.78. The van der Waals surface area contributed by atoms with E-state index in [1.54, 1.807) is 18.2 Å². The number of nitrogens with one attached hydrogen (secondary N) is 1. The van der Waals surface area contributed by atoms with Crippen molar-refractivity contribution in [1.82, 2.24) is 9.88 Å². The van der Waals surface area contributed by atoms with Gasteiger partial charge in [0, 0.05) is 28.7 Å². The van der Waals surface area contributed by atoms with Gasteiger partial charge in [0.25, 0.3) is 0 Å². The Balaban J connectivity index is 2.44. The van der Waals surface area contributed by atoms with Crippen molar-refractivity contribution in [3.8, 4) is 0 Å². The van der Waals surface area contributed by atoms with Gasteiger partial charge in [-0.2, -0.15) is 8.78 Å². The van der Waals surface area contributed by atoms with E-state index in [0.29, 0.717) is 17.1 Å². The Hall–Kier alpha value is -1.13. The second kappa shape index (κ2) is 5.10. The average molecular weight is 287 g/mol. The molecule has 1 aromatic heterocycles. The van der Waals surface area contributed by atoms with Gasteiger partial charge in [-0.25, -0.2) is 0 Å². The fourth-order valence-electron chi connectivity index (χ4n) is 1.96. The summed E-state index contributed by atoms with van der Waals surface area (Å²) in [7, 11) is 0. The molecule has 0 atom stereocenters. The molecule has 0 saturated heterocycles. The number of fused-ring (bicyclic) bond motifs is 1. The molecule has 0 amide bonds. The zero-order chi connectivity index (χ0) is 14.2. The molecule has 0 bridgehead atoms. The van der Waals surface area contributed by atoms with E-state index in [1.165, 1.54) is 6.20 Å². The Kier molecular flexibility index (Phi) is 3.83. The molecular formula is C14H17ClF2N2. The van der Waals surface area contributed by atoms with Gasteiger partial charge in [0.05, 0.1) is 5.52 Å². The summed E-state index contributed by atoms with van der Waals surface area (Å²) in [6.07, 6.45) is 1.49. The Bertz CT molecular complexity index is 585. The van der Waals surface area contributed by atoms with Gasteiger partial charge in [0.2, 0.25) is 0 Å². The molecule has 0 aliphatic rings. The summed E-state index contributed by atoms with van der Waals surface area (Å²) in [5, 5.41) is 4.57. The quantitative estimate of drug-likeness (QED) is 0.874. The summed E-state index contributed by atoms with van der Waals surface area (Å²) >= 11 is 5.88. The van der Waals surface area contributed by atoms with Crippen LogP contribution in [0, 0.1) is 0 Å². The maximum absolute atomic E-state index is 13.0. The standard InChI is InChI=1S/C14H17ClF2N2/c1-14(2,3)18-7-9-8-19(13(16)17)12-6-10(15)4-5-11(9)12/h4-6,8,13,18H,7H2,1-3H3. The lowest BCUT2D eigenvalue weighted by Gasteiger charge is -2.20. The number of benzene rings is 1. The van der Waals surface area contributed by atoms with Crippen molar-refractivity contribution in [3.05, 3.63) is 35.0 Å². The third-order valence-corrected chi connectivity index (χ3v) is 3.13. The summed E-state index contributed by atoms with van der Waals surface area (Å²) in [6.45, 7) is 4.09. The van der Waals surface area contributed by atoms with Crippen LogP contribution >= 0.6 is 11.6 Å². The molecule has 1 aromatic carbocycles. The normalized spacial score (nSPS) is 12.6. The van der Waals surface area contributed by atoms with E-state index in [1.807, 2.05) is 20.8 Å². The van der Waals surface area contributed by atoms with Gasteiger partial charge in [0.1, 0.15) is 0 Å². The van der Waals surface area contributed by atoms with Crippen LogP contribution in [0.3, 0.4) is 0 Å². The van der Waals surface area contributed by atoms with Gasteiger partial charge in [0.15, 0.2) is 0 Å². The van der Waals surface area contributed by atoms with Crippen molar-refractivity contribution in [2.75, 3.05) is 0 Å². The summed E-state index contributed by atoms with van der Waals surface area (Å²) in [4.78, 5) is 0. The van der Waals surface area contributed by atoms with Crippen LogP contribution in [0.4, 0.5) is 8.78 Å². The zero-order valence-electron chi connectivity index (χ0n) is 11.2. The third kappa shape index (κ3) is 3.25. The number of alkyl halides is 2. The lowest BCUT2D eigenvalue weighted by molar-refractivity contribution is 0.0750. The largest absolute Gasteiger partial charge is 0.319 e. The van der Waals surface area contributed by atoms with Crippen molar-refractivity contribution in [3.63, 3.8) is 0 Å². The topological polar surface area (TPSA) is 17.0 Å². The van der Waals surface area contributed by atoms with Crippen LogP contribution < -0.4 is 5.32 Å². The summed E-state index contributed by atoms with van der Waals surface area (Å²) in [5.41, 5.74) is 1.25. The van der Waals surface area contributed by atoms with Gasteiger partial charge in [-0.1, -0.05) is 17.7 Å². The number of halogens is 3. The predicted molar refractivity (Wildman–Crippen MR) is 74.8 cm³/mol. The highest BCUT2D eigenvalue weighted by molar-refractivity contribution is 6.31. The second-order valence-electron chi connectivity index (χ2n) is 5.60. The molecular weight excluding hydrogens is 270 g/mol. The van der Waals surface area contributed by atoms with E-state index < -0.39 is 6.55 Å². The van der Waals surface area contributed by atoms with E-state index in [4.69, 9.17) is 11.6 Å². The van der Waals surface area contributed by atoms with Gasteiger partial charge in [-0.3, -0.25) is 4.57 Å². The van der Waals surface area contributed by atoms with Crippen molar-refractivity contribution in [2.45, 2.75) is 39.4 Å². The van der Waals surface area contributed by atoms with Crippen molar-refractivity contribution >= 4 is 22.5 Å². The number of hydrogen-bond donors (Lipinski definition) is 1. The van der Waals surface area contributed by atoms with Crippen molar-refractivity contribution < 1.29 is 8.78 Å². The fourth-order valence-corrected chi connectivity index (χ4v) is 2.13. The smallest absolute Gasteiger partial charge is 0.308 e. The van der Waals surface area contributed by atoms with Crippen LogP contribution in [0.25, 0.3) is 10.9 Å². The average Bonchev–Trinajstić information content (AvgIpc) is 2.63. The molecule has 104 valence electrons. The van der Waals surface area contributed by atoms with Crippen LogP contribution in [0.5, 0.6) is 0 Å². The maximum Gasteiger partial charge on any atom is 0.319 e. The molecule has 0 radical (unpaired) electrons. The molecule has 0 aliphatic heterocycles. The predicted octanol–water partition coefficient (Wildman–Crippen LogP) is 4.58. The minimum atomic E-state index is -2.57. The van der Waals surface area contributed by atoms with Crippen LogP contribution in [0.1, 0.15) is 32.9 Å². The first kappa shape index (κ1) is 14.3. The minimum Gasteiger partial charge on any atom is -0.308 e. The maximum atomic E-state index is 13.0. The summed E-state index contributed by atoms with van der Waals surface area (Å²) < 4.78 is 27.0. The van der Waals surface area contributed by atoms with E-state index in [-0.39, 0.29) is 5.54 Å². The Morgan fingerprint density at radius 3 is 2.58 bits per heavy atom. The van der Waals surface area contributed by atoms with Crippen LogP contribution in [0.2, 0.25) is 5.02 Å². The number of aromatic nitrogens is 1. The monoisotopic (exact) mass is 286 g/mol. The second-order valence-corrected chi connectivity index (χ2v) is 6.04. The third-order valence-electron chi connectivity index (χ3n) is 2.90. The van der Waals surface area contributed by atoms with Crippen LogP contribution in [0.15, 0.2) is 24.4 Å². The molecule has 1 N–H and O–H groups in total. The molecule has 0 aliphatic carbocycles. The number of rotatable bonds is 3. The Morgan fingerprint density at radius 1 is 1.32 bits per heavy atom. The zero-order valence-corrected chi connectivity index (χ0v) is 11.9. The lowest BCUT2D eigenvalue weighted by Crippen LogP contribution is -2.34. The molecule has 1 heterocycles. The highest BCUT2D eigenvalue weighted by atomic mass is 35.5. The van der Waals surface area contributed by atoms with Gasteiger partial charge in [-0.05, 0) is 38.5 Å². The highest BCUT2D eigenvalue weighted by Gasteiger charge is 2.16. The first-order valence-electron chi connectivity index (χ1n) is 6.10. The molecule has 2 aromatic rings. The Morgan fingerprint density at radius 2 is 2.00 bits per heavy atom. The molecule has 2 nitrogen and oxygen atoms in total. The highest BCUT2D eigenvalue weighted by Crippen LogP contribution is 2.28. The number of nitrogens with zero attached hydrogens (tertiary/aromatic N) is 1. The van der Waals surface area contributed by atoms with Gasteiger partial charge in [-0.15, -0.1) is 0 Å². The molecule has 5 heteroatoms. The molecule has 19 heavy (non-hydrogen) atoms. The lowest BCUT2D eigenvalue weighted by atomic mass is 10.1. The molecule has 0 spiro atoms. The van der Waals surface area contributed by atoms with Crippen LogP contribution in [-0.4, -0.2) is 10.1 Å². The van der Waals surface area contributed by atoms with E-state index in [2.05, 4.69) is 5.32 Å². The van der Waals surface area contributed by atoms with Crippen molar-refractivity contribution in [2.24, 2.45) is 0 Å². The van der Waals surface area contributed by atoms with Crippen molar-refractivity contribution in [1.29, 1.82) is 0 Å². The molecule has 0 fully saturated rings. The van der Waals surface area contributed by atoms with Crippen LogP contribution in [-0.2, 0) is 6.54 Å². The minimum absolute atomic E-state index is 0.0638. The van der Waals surface area contributed by atoms with E-state index in [0.717, 1.165) is 15.5 Å². The summed E-state index contributed by atoms with van der Waals surface area (Å²) in [5.74, 6) is 0.